The van der Waals surface area contributed by atoms with Crippen LogP contribution in [0.15, 0.2) is 18.3 Å². The zero-order valence-electron chi connectivity index (χ0n) is 7.77. The van der Waals surface area contributed by atoms with Crippen LogP contribution >= 0.6 is 11.6 Å². The van der Waals surface area contributed by atoms with Crippen LogP contribution in [-0.2, 0) is 10.2 Å². The first-order valence-corrected chi connectivity index (χ1v) is 5.98. The second-order valence-electron chi connectivity index (χ2n) is 2.66. The normalized spacial score (nSPS) is 11.3. The van der Waals surface area contributed by atoms with Crippen molar-refractivity contribution in [3.8, 4) is 0 Å². The molecule has 0 saturated carbocycles. The number of nitrogens with one attached hydrogen (secondary N) is 2. The maximum atomic E-state index is 11.3. The highest BCUT2D eigenvalue weighted by molar-refractivity contribution is 7.90. The molecule has 0 aliphatic carbocycles. The van der Waals surface area contributed by atoms with E-state index in [-0.39, 0.29) is 18.2 Å². The standard InChI is InChI=1S/C7H11ClN4O2S/c8-7-5-6(1-3-10-7)12-15(13,14)11-4-2-9/h1,3,5,11H,2,4,9H2,(H,10,12). The van der Waals surface area contributed by atoms with Gasteiger partial charge in [0.15, 0.2) is 0 Å². The van der Waals surface area contributed by atoms with Crippen molar-refractivity contribution in [2.75, 3.05) is 17.8 Å². The number of nitrogens with zero attached hydrogens (tertiary/aromatic N) is 1. The third-order valence-corrected chi connectivity index (χ3v) is 2.71. The van der Waals surface area contributed by atoms with E-state index in [1.54, 1.807) is 0 Å². The maximum Gasteiger partial charge on any atom is 0.299 e. The van der Waals surface area contributed by atoms with E-state index < -0.39 is 10.2 Å². The third kappa shape index (κ3) is 4.43. The van der Waals surface area contributed by atoms with Crippen LogP contribution in [0.25, 0.3) is 0 Å². The smallest absolute Gasteiger partial charge is 0.299 e. The average molecular weight is 251 g/mol. The predicted octanol–water partition coefficient (Wildman–Crippen LogP) is -0.0600. The molecule has 0 spiro atoms. The minimum Gasteiger partial charge on any atom is -0.329 e. The Balaban J connectivity index is 2.69. The summed E-state index contributed by atoms with van der Waals surface area (Å²) in [4.78, 5) is 3.72. The molecule has 1 aromatic heterocycles. The Labute approximate surface area is 93.0 Å². The zero-order chi connectivity index (χ0) is 11.3. The number of hydrogen-bond donors (Lipinski definition) is 3. The molecule has 0 aliphatic rings. The van der Waals surface area contributed by atoms with Crippen LogP contribution in [0.1, 0.15) is 0 Å². The Morgan fingerprint density at radius 2 is 2.27 bits per heavy atom. The van der Waals surface area contributed by atoms with E-state index >= 15 is 0 Å². The summed E-state index contributed by atoms with van der Waals surface area (Å²) in [7, 11) is -3.58. The molecule has 15 heavy (non-hydrogen) atoms. The molecule has 0 aliphatic heterocycles. The van der Waals surface area contributed by atoms with E-state index in [1.165, 1.54) is 18.3 Å². The fourth-order valence-electron chi connectivity index (χ4n) is 0.850. The summed E-state index contributed by atoms with van der Waals surface area (Å²) in [6, 6.07) is 2.90. The molecule has 0 amide bonds. The van der Waals surface area contributed by atoms with Gasteiger partial charge in [0.25, 0.3) is 10.2 Å². The number of hydrogen-bond acceptors (Lipinski definition) is 4. The molecule has 84 valence electrons. The van der Waals surface area contributed by atoms with Gasteiger partial charge in [-0.05, 0) is 12.1 Å². The lowest BCUT2D eigenvalue weighted by Crippen LogP contribution is -2.33. The number of halogens is 1. The van der Waals surface area contributed by atoms with E-state index in [1.807, 2.05) is 0 Å². The van der Waals surface area contributed by atoms with Crippen molar-refractivity contribution in [1.82, 2.24) is 9.71 Å². The molecule has 0 bridgehead atoms. The topological polar surface area (TPSA) is 97.1 Å². The molecule has 0 unspecified atom stereocenters. The molecule has 4 N–H and O–H groups in total. The minimum atomic E-state index is -3.58. The first kappa shape index (κ1) is 12.2. The summed E-state index contributed by atoms with van der Waals surface area (Å²) >= 11 is 5.59. The fraction of sp³-hybridized carbons (Fsp3) is 0.286. The van der Waals surface area contributed by atoms with E-state index in [4.69, 9.17) is 17.3 Å². The predicted molar refractivity (Wildman–Crippen MR) is 58.8 cm³/mol. The highest BCUT2D eigenvalue weighted by atomic mass is 35.5. The zero-order valence-corrected chi connectivity index (χ0v) is 9.35. The molecule has 0 radical (unpaired) electrons. The lowest BCUT2D eigenvalue weighted by Gasteiger charge is -2.08. The minimum absolute atomic E-state index is 0.175. The first-order chi connectivity index (χ1) is 7.03. The van der Waals surface area contributed by atoms with Gasteiger partial charge in [-0.25, -0.2) is 4.98 Å². The molecule has 0 aromatic carbocycles. The molecule has 8 heteroatoms. The summed E-state index contributed by atoms with van der Waals surface area (Å²) in [5, 5.41) is 0.217. The van der Waals surface area contributed by atoms with Crippen molar-refractivity contribution in [3.63, 3.8) is 0 Å². The van der Waals surface area contributed by atoms with Crippen molar-refractivity contribution in [1.29, 1.82) is 0 Å². The lowest BCUT2D eigenvalue weighted by molar-refractivity contribution is 0.587. The second-order valence-corrected chi connectivity index (χ2v) is 4.54. The molecule has 0 saturated heterocycles. The SMILES string of the molecule is NCCNS(=O)(=O)Nc1ccnc(Cl)c1. The van der Waals surface area contributed by atoms with Crippen LogP contribution in [0.4, 0.5) is 5.69 Å². The van der Waals surface area contributed by atoms with Gasteiger partial charge in [-0.3, -0.25) is 4.72 Å². The third-order valence-electron chi connectivity index (χ3n) is 1.42. The number of anilines is 1. The van der Waals surface area contributed by atoms with Gasteiger partial charge < -0.3 is 5.73 Å². The molecule has 6 nitrogen and oxygen atoms in total. The van der Waals surface area contributed by atoms with Crippen LogP contribution in [0.2, 0.25) is 5.15 Å². The molecular formula is C7H11ClN4O2S. The number of aromatic nitrogens is 1. The average Bonchev–Trinajstić information content (AvgIpc) is 2.14. The van der Waals surface area contributed by atoms with Crippen molar-refractivity contribution >= 4 is 27.5 Å². The Morgan fingerprint density at radius 3 is 2.87 bits per heavy atom. The molecule has 0 atom stereocenters. The van der Waals surface area contributed by atoms with E-state index in [2.05, 4.69) is 14.4 Å². The Morgan fingerprint density at radius 1 is 1.53 bits per heavy atom. The van der Waals surface area contributed by atoms with Gasteiger partial charge in [-0.15, -0.1) is 0 Å². The van der Waals surface area contributed by atoms with Crippen LogP contribution in [-0.4, -0.2) is 26.5 Å². The van der Waals surface area contributed by atoms with Crippen LogP contribution < -0.4 is 15.2 Å². The summed E-state index contributed by atoms with van der Waals surface area (Å²) in [6.07, 6.45) is 1.41. The largest absolute Gasteiger partial charge is 0.329 e. The number of nitrogens with two attached hydrogens (primary N) is 1. The monoisotopic (exact) mass is 250 g/mol. The molecule has 1 rings (SSSR count). The molecule has 1 heterocycles. The van der Waals surface area contributed by atoms with Crippen molar-refractivity contribution in [3.05, 3.63) is 23.5 Å². The molecular weight excluding hydrogens is 240 g/mol. The van der Waals surface area contributed by atoms with Crippen LogP contribution in [0, 0.1) is 0 Å². The Kier molecular flexibility index (Phi) is 4.28. The van der Waals surface area contributed by atoms with E-state index in [0.717, 1.165) is 0 Å². The highest BCUT2D eigenvalue weighted by Crippen LogP contribution is 2.12. The van der Waals surface area contributed by atoms with Crippen LogP contribution in [0.5, 0.6) is 0 Å². The van der Waals surface area contributed by atoms with Gasteiger partial charge in [0.05, 0.1) is 5.69 Å². The molecule has 1 aromatic rings. The van der Waals surface area contributed by atoms with E-state index in [0.29, 0.717) is 5.69 Å². The summed E-state index contributed by atoms with van der Waals surface area (Å²) < 4.78 is 27.2. The quantitative estimate of drug-likeness (QED) is 0.638. The molecule has 0 fully saturated rings. The van der Waals surface area contributed by atoms with Crippen molar-refractivity contribution in [2.24, 2.45) is 5.73 Å². The van der Waals surface area contributed by atoms with Gasteiger partial charge in [0.2, 0.25) is 0 Å². The van der Waals surface area contributed by atoms with Crippen LogP contribution in [0.3, 0.4) is 0 Å². The van der Waals surface area contributed by atoms with E-state index in [9.17, 15) is 8.42 Å². The van der Waals surface area contributed by atoms with Gasteiger partial charge in [0, 0.05) is 19.3 Å². The Bertz CT molecular complexity index is 423. The van der Waals surface area contributed by atoms with Gasteiger partial charge in [0.1, 0.15) is 5.15 Å². The second kappa shape index (κ2) is 5.26. The fourth-order valence-corrected chi connectivity index (χ4v) is 1.92. The van der Waals surface area contributed by atoms with Crippen molar-refractivity contribution in [2.45, 2.75) is 0 Å². The highest BCUT2D eigenvalue weighted by Gasteiger charge is 2.08. The van der Waals surface area contributed by atoms with Gasteiger partial charge in [-0.2, -0.15) is 13.1 Å². The van der Waals surface area contributed by atoms with Gasteiger partial charge in [-0.1, -0.05) is 11.6 Å². The number of rotatable bonds is 5. The Hall–Kier alpha value is -0.890. The number of pyridine rings is 1. The summed E-state index contributed by atoms with van der Waals surface area (Å²) in [6.45, 7) is 0.409. The first-order valence-electron chi connectivity index (χ1n) is 4.12. The summed E-state index contributed by atoms with van der Waals surface area (Å²) in [5.41, 5.74) is 5.51. The van der Waals surface area contributed by atoms with Crippen molar-refractivity contribution < 1.29 is 8.42 Å². The van der Waals surface area contributed by atoms with Gasteiger partial charge >= 0.3 is 0 Å². The maximum absolute atomic E-state index is 11.3. The summed E-state index contributed by atoms with van der Waals surface area (Å²) in [5.74, 6) is 0. The lowest BCUT2D eigenvalue weighted by atomic mass is 10.4.